The summed E-state index contributed by atoms with van der Waals surface area (Å²) >= 11 is 12.5. The summed E-state index contributed by atoms with van der Waals surface area (Å²) < 4.78 is 22.8. The van der Waals surface area contributed by atoms with Crippen molar-refractivity contribution in [1.82, 2.24) is 4.90 Å². The molecule has 1 fully saturated rings. The van der Waals surface area contributed by atoms with Crippen LogP contribution in [0, 0.1) is 5.41 Å². The lowest BCUT2D eigenvalue weighted by molar-refractivity contribution is 0.184. The highest BCUT2D eigenvalue weighted by atomic mass is 35.5. The molecule has 1 unspecified atom stereocenters. The van der Waals surface area contributed by atoms with Gasteiger partial charge in [0, 0.05) is 12.0 Å². The van der Waals surface area contributed by atoms with Crippen LogP contribution < -0.4 is 0 Å². The van der Waals surface area contributed by atoms with Crippen molar-refractivity contribution < 1.29 is 13.6 Å². The fourth-order valence-electron chi connectivity index (χ4n) is 2.45. The molecule has 7 heteroatoms. The molecule has 0 spiro atoms. The number of halogens is 2. The second-order valence-corrected chi connectivity index (χ2v) is 9.44. The van der Waals surface area contributed by atoms with Gasteiger partial charge in [-0.3, -0.25) is 9.46 Å². The molecule has 126 valence electrons. The van der Waals surface area contributed by atoms with Gasteiger partial charge in [0.05, 0.1) is 13.2 Å². The summed E-state index contributed by atoms with van der Waals surface area (Å²) in [7, 11) is -3.08. The van der Waals surface area contributed by atoms with Gasteiger partial charge in [0.1, 0.15) is 10.6 Å². The van der Waals surface area contributed by atoms with E-state index in [0.29, 0.717) is 26.0 Å². The molecular formula is C14H28Cl2NO3P. The number of nitrogens with zero attached hydrogens (tertiary/aromatic N) is 1. The van der Waals surface area contributed by atoms with Crippen LogP contribution in [0.5, 0.6) is 0 Å². The zero-order chi connectivity index (χ0) is 16.1. The van der Waals surface area contributed by atoms with Crippen molar-refractivity contribution in [3.8, 4) is 0 Å². The van der Waals surface area contributed by atoms with E-state index in [-0.39, 0.29) is 5.41 Å². The Morgan fingerprint density at radius 3 is 2.10 bits per heavy atom. The molecule has 0 amide bonds. The highest BCUT2D eigenvalue weighted by Gasteiger charge is 2.63. The molecule has 0 aromatic carbocycles. The van der Waals surface area contributed by atoms with Crippen molar-refractivity contribution >= 4 is 30.8 Å². The van der Waals surface area contributed by atoms with Crippen LogP contribution >= 0.6 is 30.8 Å². The fourth-order valence-corrected chi connectivity index (χ4v) is 4.91. The van der Waals surface area contributed by atoms with Crippen LogP contribution in [-0.2, 0) is 13.6 Å². The van der Waals surface area contributed by atoms with E-state index in [0.717, 1.165) is 25.8 Å². The van der Waals surface area contributed by atoms with Gasteiger partial charge in [0.15, 0.2) is 0 Å². The zero-order valence-electron chi connectivity index (χ0n) is 13.5. The van der Waals surface area contributed by atoms with Crippen LogP contribution in [0.1, 0.15) is 47.0 Å². The molecule has 1 atom stereocenters. The van der Waals surface area contributed by atoms with Gasteiger partial charge in [-0.05, 0) is 33.2 Å². The van der Waals surface area contributed by atoms with Gasteiger partial charge >= 0.3 is 7.60 Å². The lowest BCUT2D eigenvalue weighted by Crippen LogP contribution is -2.34. The first kappa shape index (κ1) is 19.7. The fraction of sp³-hybridized carbons (Fsp3) is 1.00. The molecule has 0 aromatic rings. The van der Waals surface area contributed by atoms with Gasteiger partial charge in [0.2, 0.25) is 0 Å². The van der Waals surface area contributed by atoms with Gasteiger partial charge in [-0.25, -0.2) is 0 Å². The van der Waals surface area contributed by atoms with Crippen LogP contribution in [0.4, 0.5) is 0 Å². The van der Waals surface area contributed by atoms with Crippen LogP contribution in [0.25, 0.3) is 0 Å². The third kappa shape index (κ3) is 5.67. The summed E-state index contributed by atoms with van der Waals surface area (Å²) in [5, 5.41) is 0. The summed E-state index contributed by atoms with van der Waals surface area (Å²) in [6.45, 7) is 10.2. The van der Waals surface area contributed by atoms with E-state index < -0.39 is 11.9 Å². The van der Waals surface area contributed by atoms with Crippen LogP contribution in [0.2, 0.25) is 0 Å². The van der Waals surface area contributed by atoms with E-state index >= 15 is 0 Å². The van der Waals surface area contributed by atoms with E-state index in [9.17, 15) is 4.57 Å². The number of rotatable bonds is 11. The number of alkyl halides is 2. The van der Waals surface area contributed by atoms with Crippen molar-refractivity contribution in [2.45, 2.75) is 51.3 Å². The van der Waals surface area contributed by atoms with Gasteiger partial charge in [0.25, 0.3) is 0 Å². The third-order valence-electron chi connectivity index (χ3n) is 3.80. The molecule has 0 saturated heterocycles. The van der Waals surface area contributed by atoms with E-state index in [2.05, 4.69) is 18.7 Å². The second-order valence-electron chi connectivity index (χ2n) is 5.94. The minimum Gasteiger partial charge on any atom is -0.308 e. The van der Waals surface area contributed by atoms with Gasteiger partial charge < -0.3 is 9.05 Å². The molecule has 0 heterocycles. The third-order valence-corrected chi connectivity index (χ3v) is 7.02. The molecular weight excluding hydrogens is 332 g/mol. The molecule has 1 aliphatic rings. The summed E-state index contributed by atoms with van der Waals surface area (Å²) in [6, 6.07) is 0. The van der Waals surface area contributed by atoms with Crippen molar-refractivity contribution in [2.75, 3.05) is 32.6 Å². The van der Waals surface area contributed by atoms with Gasteiger partial charge in [-0.15, -0.1) is 23.2 Å². The monoisotopic (exact) mass is 359 g/mol. The molecule has 21 heavy (non-hydrogen) atoms. The van der Waals surface area contributed by atoms with E-state index in [1.807, 2.05) is 13.8 Å². The Labute approximate surface area is 139 Å². The summed E-state index contributed by atoms with van der Waals surface area (Å²) in [4.78, 5) is 2.13. The highest BCUT2D eigenvalue weighted by molar-refractivity contribution is 7.53. The van der Waals surface area contributed by atoms with E-state index in [1.54, 1.807) is 0 Å². The minimum atomic E-state index is -3.08. The van der Waals surface area contributed by atoms with Crippen molar-refractivity contribution in [3.63, 3.8) is 0 Å². The maximum atomic E-state index is 12.7. The predicted molar refractivity (Wildman–Crippen MR) is 89.4 cm³/mol. The maximum absolute atomic E-state index is 12.7. The average Bonchev–Trinajstić information content (AvgIpc) is 2.84. The molecule has 4 nitrogen and oxygen atoms in total. The number of unbranched alkanes of at least 4 members (excludes halogenated alkanes) is 1. The zero-order valence-corrected chi connectivity index (χ0v) is 15.9. The molecule has 0 N–H and O–H groups in total. The van der Waals surface area contributed by atoms with E-state index in [1.165, 1.54) is 0 Å². The van der Waals surface area contributed by atoms with Gasteiger partial charge in [-0.2, -0.15) is 0 Å². The lowest BCUT2D eigenvalue weighted by atomic mass is 10.1. The van der Waals surface area contributed by atoms with Crippen molar-refractivity contribution in [3.05, 3.63) is 0 Å². The molecule has 1 rings (SSSR count). The predicted octanol–water partition coefficient (Wildman–Crippen LogP) is 4.90. The summed E-state index contributed by atoms with van der Waals surface area (Å²) in [6.07, 6.45) is 3.17. The molecule has 0 aromatic heterocycles. The first-order valence-electron chi connectivity index (χ1n) is 7.70. The Hall–Kier alpha value is 0.690. The standard InChI is InChI=1S/C14H28Cl2NO3P/c1-5-8-9-17(11-13(4)10-14(13,15)16)12-21(18,19-6-2)20-7-3/h5-12H2,1-4H3. The van der Waals surface area contributed by atoms with Crippen LogP contribution in [0.15, 0.2) is 0 Å². The Morgan fingerprint density at radius 2 is 1.71 bits per heavy atom. The summed E-state index contributed by atoms with van der Waals surface area (Å²) in [5.41, 5.74) is -0.146. The Balaban J connectivity index is 2.70. The van der Waals surface area contributed by atoms with Crippen molar-refractivity contribution in [2.24, 2.45) is 5.41 Å². The first-order chi connectivity index (χ1) is 9.72. The smallest absolute Gasteiger partial charge is 0.308 e. The SMILES string of the molecule is CCCCN(CC1(C)CC1(Cl)Cl)CP(=O)(OCC)OCC. The van der Waals surface area contributed by atoms with Gasteiger partial charge in [-0.1, -0.05) is 20.3 Å². The minimum absolute atomic E-state index is 0.146. The molecule has 1 aliphatic carbocycles. The molecule has 1 saturated carbocycles. The molecule has 0 radical (unpaired) electrons. The quantitative estimate of drug-likeness (QED) is 0.388. The summed E-state index contributed by atoms with van der Waals surface area (Å²) in [5.74, 6) is 0. The normalized spacial score (nSPS) is 24.5. The molecule has 0 bridgehead atoms. The molecule has 0 aliphatic heterocycles. The number of hydrogen-bond acceptors (Lipinski definition) is 4. The first-order valence-corrected chi connectivity index (χ1v) is 10.2. The van der Waals surface area contributed by atoms with Crippen LogP contribution in [-0.4, -0.2) is 41.8 Å². The van der Waals surface area contributed by atoms with E-state index in [4.69, 9.17) is 32.2 Å². The Bertz CT molecular complexity index is 371. The van der Waals surface area contributed by atoms with Crippen molar-refractivity contribution in [1.29, 1.82) is 0 Å². The lowest BCUT2D eigenvalue weighted by Gasteiger charge is -2.29. The topological polar surface area (TPSA) is 38.8 Å². The highest BCUT2D eigenvalue weighted by Crippen LogP contribution is 2.64. The Morgan fingerprint density at radius 1 is 1.19 bits per heavy atom. The second kappa shape index (κ2) is 7.99. The Kier molecular flexibility index (Phi) is 7.51. The maximum Gasteiger partial charge on any atom is 0.344 e. The number of hydrogen-bond donors (Lipinski definition) is 0. The van der Waals surface area contributed by atoms with Crippen LogP contribution in [0.3, 0.4) is 0 Å². The average molecular weight is 360 g/mol. The largest absolute Gasteiger partial charge is 0.344 e.